The van der Waals surface area contributed by atoms with Gasteiger partial charge in [0, 0.05) is 12.8 Å². The molecule has 0 bridgehead atoms. The Bertz CT molecular complexity index is 880. The van der Waals surface area contributed by atoms with Gasteiger partial charge in [0.05, 0.1) is 30.9 Å². The zero-order valence-corrected chi connectivity index (χ0v) is 16.9. The molecule has 150 valence electrons. The number of nitrogens with one attached hydrogen (secondary N) is 1. The second kappa shape index (κ2) is 8.74. The number of fused-ring (bicyclic) bond motifs is 1. The van der Waals surface area contributed by atoms with Crippen LogP contribution in [-0.4, -0.2) is 60.3 Å². The smallest absolute Gasteiger partial charge is 0.249 e. The quantitative estimate of drug-likeness (QED) is 0.658. The maximum absolute atomic E-state index is 14.1. The number of likely N-dealkylation sites (N-methyl/N-ethyl adjacent to an activating group) is 1. The van der Waals surface area contributed by atoms with Gasteiger partial charge < -0.3 is 4.90 Å². The highest BCUT2D eigenvalue weighted by Gasteiger charge is 2.33. The van der Waals surface area contributed by atoms with Gasteiger partial charge in [0.2, 0.25) is 17.7 Å². The minimum Gasteiger partial charge on any atom is -0.334 e. The van der Waals surface area contributed by atoms with Crippen molar-refractivity contribution in [2.45, 2.75) is 26.7 Å². The van der Waals surface area contributed by atoms with E-state index in [1.807, 2.05) is 0 Å². The van der Waals surface area contributed by atoms with Crippen molar-refractivity contribution in [3.05, 3.63) is 24.0 Å². The normalized spacial score (nSPS) is 14.5. The molecule has 1 saturated heterocycles. The molecule has 1 aliphatic heterocycles. The van der Waals surface area contributed by atoms with Crippen LogP contribution in [0.15, 0.2) is 18.2 Å². The molecule has 1 fully saturated rings. The lowest BCUT2D eigenvalue weighted by molar-refractivity contribution is -0.894. The van der Waals surface area contributed by atoms with Crippen LogP contribution >= 0.6 is 11.3 Å². The van der Waals surface area contributed by atoms with Gasteiger partial charge >= 0.3 is 0 Å². The number of hydrogen-bond acceptors (Lipinski definition) is 5. The summed E-state index contributed by atoms with van der Waals surface area (Å²) in [6.07, 6.45) is 0.282. The number of amides is 3. The first-order valence-corrected chi connectivity index (χ1v) is 10.3. The van der Waals surface area contributed by atoms with Crippen molar-refractivity contribution in [3.63, 3.8) is 0 Å². The molecule has 1 aromatic heterocycles. The fourth-order valence-electron chi connectivity index (χ4n) is 3.24. The number of anilines is 1. The molecule has 3 rings (SSSR count). The number of rotatable bonds is 8. The molecule has 7 nitrogen and oxygen atoms in total. The van der Waals surface area contributed by atoms with Crippen LogP contribution in [0.1, 0.15) is 26.7 Å². The van der Waals surface area contributed by atoms with Gasteiger partial charge in [-0.1, -0.05) is 17.4 Å². The molecule has 0 saturated carbocycles. The van der Waals surface area contributed by atoms with Crippen LogP contribution in [-0.2, 0) is 14.4 Å². The first-order chi connectivity index (χ1) is 13.4. The monoisotopic (exact) mass is 407 g/mol. The van der Waals surface area contributed by atoms with E-state index in [4.69, 9.17) is 0 Å². The minimum absolute atomic E-state index is 0.141. The number of carbonyl (C=O) groups excluding carboxylic acids is 3. The summed E-state index contributed by atoms with van der Waals surface area (Å²) in [5.41, 5.74) is 0.226. The molecule has 0 unspecified atom stereocenters. The summed E-state index contributed by atoms with van der Waals surface area (Å²) in [7, 11) is 0. The van der Waals surface area contributed by atoms with E-state index in [-0.39, 0.29) is 42.6 Å². The molecule has 0 radical (unpaired) electrons. The predicted octanol–water partition coefficient (Wildman–Crippen LogP) is 0.842. The Hall–Kier alpha value is -2.39. The third-order valence-corrected chi connectivity index (χ3v) is 6.07. The number of aromatic nitrogens is 1. The van der Waals surface area contributed by atoms with E-state index in [1.165, 1.54) is 27.2 Å². The number of thiazole rings is 1. The Morgan fingerprint density at radius 3 is 2.54 bits per heavy atom. The van der Waals surface area contributed by atoms with E-state index in [0.717, 1.165) is 18.0 Å². The molecule has 28 heavy (non-hydrogen) atoms. The molecule has 2 aromatic rings. The maximum atomic E-state index is 14.1. The highest BCUT2D eigenvalue weighted by molar-refractivity contribution is 7.22. The molecule has 3 amide bonds. The van der Waals surface area contributed by atoms with E-state index in [1.54, 1.807) is 12.1 Å². The molecular weight excluding hydrogens is 383 g/mol. The molecule has 0 spiro atoms. The largest absolute Gasteiger partial charge is 0.334 e. The minimum atomic E-state index is -0.438. The lowest BCUT2D eigenvalue weighted by atomic mass is 10.3. The van der Waals surface area contributed by atoms with Crippen molar-refractivity contribution < 1.29 is 23.7 Å². The van der Waals surface area contributed by atoms with E-state index in [2.05, 4.69) is 18.8 Å². The Kier molecular flexibility index (Phi) is 6.35. The van der Waals surface area contributed by atoms with Crippen LogP contribution in [0.4, 0.5) is 9.52 Å². The van der Waals surface area contributed by atoms with Crippen LogP contribution < -0.4 is 9.80 Å². The van der Waals surface area contributed by atoms with Gasteiger partial charge in [-0.05, 0) is 26.0 Å². The predicted molar refractivity (Wildman–Crippen MR) is 105 cm³/mol. The third-order valence-electron chi connectivity index (χ3n) is 5.03. The SMILES string of the molecule is CC[NH+](CC)CCN(C(=O)CN1C(=O)CCC1=O)c1nc2c(F)cccc2s1. The lowest BCUT2D eigenvalue weighted by Gasteiger charge is -2.24. The van der Waals surface area contributed by atoms with Gasteiger partial charge in [0.1, 0.15) is 17.9 Å². The summed E-state index contributed by atoms with van der Waals surface area (Å²) in [4.78, 5) is 44.9. The summed E-state index contributed by atoms with van der Waals surface area (Å²) < 4.78 is 14.7. The zero-order valence-electron chi connectivity index (χ0n) is 16.0. The molecule has 0 atom stereocenters. The second-order valence-corrected chi connectivity index (χ2v) is 7.72. The molecule has 1 aliphatic rings. The van der Waals surface area contributed by atoms with E-state index < -0.39 is 5.82 Å². The van der Waals surface area contributed by atoms with Crippen molar-refractivity contribution in [1.29, 1.82) is 0 Å². The van der Waals surface area contributed by atoms with Gasteiger partial charge in [0.25, 0.3) is 0 Å². The first-order valence-electron chi connectivity index (χ1n) is 9.46. The zero-order chi connectivity index (χ0) is 20.3. The Morgan fingerprint density at radius 1 is 1.25 bits per heavy atom. The van der Waals surface area contributed by atoms with Gasteiger partial charge in [0.15, 0.2) is 5.13 Å². The molecule has 0 aliphatic carbocycles. The number of halogens is 1. The molecular formula is C19H24FN4O3S+. The average Bonchev–Trinajstić information content (AvgIpc) is 3.24. The van der Waals surface area contributed by atoms with Crippen LogP contribution in [0.5, 0.6) is 0 Å². The van der Waals surface area contributed by atoms with E-state index in [0.29, 0.717) is 22.9 Å². The summed E-state index contributed by atoms with van der Waals surface area (Å²) in [6, 6.07) is 4.69. The van der Waals surface area contributed by atoms with Crippen LogP contribution in [0.25, 0.3) is 10.2 Å². The molecule has 1 N–H and O–H groups in total. The highest BCUT2D eigenvalue weighted by atomic mass is 32.1. The fourth-order valence-corrected chi connectivity index (χ4v) is 4.26. The van der Waals surface area contributed by atoms with E-state index >= 15 is 0 Å². The summed E-state index contributed by atoms with van der Waals surface area (Å²) in [6.45, 7) is 6.74. The molecule has 2 heterocycles. The van der Waals surface area contributed by atoms with Crippen LogP contribution in [0, 0.1) is 5.82 Å². The summed E-state index contributed by atoms with van der Waals surface area (Å²) in [5, 5.41) is 0.385. The number of para-hydroxylation sites is 1. The standard InChI is InChI=1S/C19H23FN4O3S/c1-3-22(4-2)10-11-23(17(27)12-24-15(25)8-9-16(24)26)19-21-18-13(20)6-5-7-14(18)28-19/h5-7H,3-4,8-12H2,1-2H3/p+1. The Labute approximate surface area is 166 Å². The van der Waals surface area contributed by atoms with Crippen molar-refractivity contribution >= 4 is 44.4 Å². The fraction of sp³-hybridized carbons (Fsp3) is 0.474. The summed E-state index contributed by atoms with van der Waals surface area (Å²) >= 11 is 1.23. The van der Waals surface area contributed by atoms with Gasteiger partial charge in [-0.15, -0.1) is 0 Å². The number of hydrogen-bond donors (Lipinski definition) is 1. The summed E-state index contributed by atoms with van der Waals surface area (Å²) in [5.74, 6) is -1.48. The van der Waals surface area contributed by atoms with Crippen LogP contribution in [0.3, 0.4) is 0 Å². The number of quaternary nitrogens is 1. The number of nitrogens with zero attached hydrogens (tertiary/aromatic N) is 3. The second-order valence-electron chi connectivity index (χ2n) is 6.71. The molecule has 1 aromatic carbocycles. The van der Waals surface area contributed by atoms with Crippen molar-refractivity contribution in [3.8, 4) is 0 Å². The average molecular weight is 407 g/mol. The number of benzene rings is 1. The first kappa shape index (κ1) is 20.3. The van der Waals surface area contributed by atoms with Gasteiger partial charge in [-0.2, -0.15) is 0 Å². The van der Waals surface area contributed by atoms with Gasteiger partial charge in [-0.3, -0.25) is 24.2 Å². The third kappa shape index (κ3) is 4.20. The highest BCUT2D eigenvalue weighted by Crippen LogP contribution is 2.30. The van der Waals surface area contributed by atoms with Crippen LogP contribution in [0.2, 0.25) is 0 Å². The van der Waals surface area contributed by atoms with E-state index in [9.17, 15) is 18.8 Å². The van der Waals surface area contributed by atoms with Crippen molar-refractivity contribution in [2.75, 3.05) is 37.6 Å². The number of imide groups is 1. The van der Waals surface area contributed by atoms with Crippen molar-refractivity contribution in [2.24, 2.45) is 0 Å². The van der Waals surface area contributed by atoms with Gasteiger partial charge in [-0.25, -0.2) is 9.37 Å². The Morgan fingerprint density at radius 2 is 1.93 bits per heavy atom. The van der Waals surface area contributed by atoms with Crippen molar-refractivity contribution in [1.82, 2.24) is 9.88 Å². The topological polar surface area (TPSA) is 75.0 Å². The molecule has 9 heteroatoms. The lowest BCUT2D eigenvalue weighted by Crippen LogP contribution is -3.12. The maximum Gasteiger partial charge on any atom is 0.249 e. The number of likely N-dealkylation sites (tertiary alicyclic amines) is 1. The Balaban J connectivity index is 1.87. The number of carbonyl (C=O) groups is 3.